The molecule has 0 aromatic heterocycles. The van der Waals surface area contributed by atoms with Crippen molar-refractivity contribution in [3.05, 3.63) is 77.1 Å². The second kappa shape index (κ2) is 7.01. The summed E-state index contributed by atoms with van der Waals surface area (Å²) in [6, 6.07) is 14.4. The Balaban J connectivity index is 1.70. The lowest BCUT2D eigenvalue weighted by atomic mass is 10.1. The molecular weight excluding hydrogens is 325 g/mol. The van der Waals surface area contributed by atoms with E-state index >= 15 is 0 Å². The van der Waals surface area contributed by atoms with Crippen LogP contribution in [0.5, 0.6) is 0 Å². The maximum atomic E-state index is 14.2. The molecule has 0 bridgehead atoms. The molecule has 1 aliphatic rings. The number of fused-ring (bicyclic) bond motifs is 1. The monoisotopic (exact) mass is 341 g/mol. The fourth-order valence-electron chi connectivity index (χ4n) is 2.63. The number of carbonyl (C=O) groups excluding carboxylic acids is 2. The normalized spacial score (nSPS) is 14.2. The zero-order valence-electron chi connectivity index (χ0n) is 13.2. The number of imide groups is 1. The van der Waals surface area contributed by atoms with Gasteiger partial charge in [-0.3, -0.25) is 14.5 Å². The topological polar surface area (TPSA) is 37.4 Å². The van der Waals surface area contributed by atoms with Crippen molar-refractivity contribution in [3.8, 4) is 0 Å². The lowest BCUT2D eigenvalue weighted by Gasteiger charge is -2.12. The van der Waals surface area contributed by atoms with Gasteiger partial charge < -0.3 is 0 Å². The average Bonchev–Trinajstić information content (AvgIpc) is 2.85. The molecule has 0 radical (unpaired) electrons. The number of carbonyl (C=O) groups is 2. The number of thioether (sulfide) groups is 1. The van der Waals surface area contributed by atoms with E-state index in [0.717, 1.165) is 15.4 Å². The summed E-state index contributed by atoms with van der Waals surface area (Å²) in [4.78, 5) is 26.5. The highest BCUT2D eigenvalue weighted by Crippen LogP contribution is 2.23. The standard InChI is InChI=1S/C19H16FNO2S/c1-24-15-6-4-5-13(11-15)9-10-14(20)12-21-18(22)16-7-2-3-8-17(16)19(21)23/h2-8,10-11H,9,12H2,1H3/b14-10+. The zero-order chi connectivity index (χ0) is 17.1. The molecule has 122 valence electrons. The van der Waals surface area contributed by atoms with Crippen LogP contribution in [0, 0.1) is 0 Å². The molecule has 3 nitrogen and oxygen atoms in total. The minimum atomic E-state index is -0.487. The van der Waals surface area contributed by atoms with Gasteiger partial charge in [0.2, 0.25) is 0 Å². The largest absolute Gasteiger partial charge is 0.269 e. The van der Waals surface area contributed by atoms with Crippen molar-refractivity contribution in [2.45, 2.75) is 11.3 Å². The third-order valence-electron chi connectivity index (χ3n) is 3.88. The molecule has 1 aliphatic heterocycles. The highest BCUT2D eigenvalue weighted by molar-refractivity contribution is 7.98. The van der Waals surface area contributed by atoms with Gasteiger partial charge >= 0.3 is 0 Å². The van der Waals surface area contributed by atoms with Gasteiger partial charge in [-0.05, 0) is 48.6 Å². The molecule has 0 spiro atoms. The van der Waals surface area contributed by atoms with Crippen LogP contribution in [0.25, 0.3) is 0 Å². The van der Waals surface area contributed by atoms with Gasteiger partial charge in [0, 0.05) is 4.90 Å². The van der Waals surface area contributed by atoms with Crippen LogP contribution in [-0.4, -0.2) is 29.5 Å². The van der Waals surface area contributed by atoms with Crippen molar-refractivity contribution in [2.24, 2.45) is 0 Å². The summed E-state index contributed by atoms with van der Waals surface area (Å²) in [6.45, 7) is -0.325. The number of hydrogen-bond donors (Lipinski definition) is 0. The Labute approximate surface area is 144 Å². The maximum Gasteiger partial charge on any atom is 0.261 e. The van der Waals surface area contributed by atoms with Crippen LogP contribution < -0.4 is 0 Å². The first-order chi connectivity index (χ1) is 11.6. The van der Waals surface area contributed by atoms with Crippen LogP contribution in [0.2, 0.25) is 0 Å². The summed E-state index contributed by atoms with van der Waals surface area (Å²) in [6.07, 6.45) is 3.82. The first-order valence-electron chi connectivity index (χ1n) is 7.53. The molecular formula is C19H16FNO2S. The van der Waals surface area contributed by atoms with E-state index in [0.29, 0.717) is 17.5 Å². The van der Waals surface area contributed by atoms with Gasteiger partial charge in [-0.15, -0.1) is 11.8 Å². The highest BCUT2D eigenvalue weighted by Gasteiger charge is 2.35. The number of hydrogen-bond acceptors (Lipinski definition) is 3. The number of amides is 2. The van der Waals surface area contributed by atoms with E-state index in [9.17, 15) is 14.0 Å². The molecule has 2 amide bonds. The van der Waals surface area contributed by atoms with Crippen molar-refractivity contribution in [3.63, 3.8) is 0 Å². The molecule has 0 N–H and O–H groups in total. The molecule has 0 aliphatic carbocycles. The number of nitrogens with zero attached hydrogens (tertiary/aromatic N) is 1. The summed E-state index contributed by atoms with van der Waals surface area (Å²) in [5, 5.41) is 0. The quantitative estimate of drug-likeness (QED) is 0.607. The lowest BCUT2D eigenvalue weighted by Crippen LogP contribution is -2.31. The van der Waals surface area contributed by atoms with E-state index < -0.39 is 17.6 Å². The van der Waals surface area contributed by atoms with Gasteiger partial charge in [-0.25, -0.2) is 4.39 Å². The zero-order valence-corrected chi connectivity index (χ0v) is 14.0. The Hall–Kier alpha value is -2.40. The Morgan fingerprint density at radius 3 is 2.38 bits per heavy atom. The van der Waals surface area contributed by atoms with Crippen LogP contribution in [-0.2, 0) is 6.42 Å². The van der Waals surface area contributed by atoms with Crippen LogP contribution in [0.4, 0.5) is 4.39 Å². The first-order valence-corrected chi connectivity index (χ1v) is 8.75. The van der Waals surface area contributed by atoms with Gasteiger partial charge in [-0.1, -0.05) is 24.3 Å². The van der Waals surface area contributed by atoms with Crippen molar-refractivity contribution in [2.75, 3.05) is 12.8 Å². The summed E-state index contributed by atoms with van der Waals surface area (Å²) in [5.41, 5.74) is 1.66. The van der Waals surface area contributed by atoms with Gasteiger partial charge in [-0.2, -0.15) is 0 Å². The number of benzene rings is 2. The van der Waals surface area contributed by atoms with Crippen molar-refractivity contribution >= 4 is 23.6 Å². The minimum absolute atomic E-state index is 0.325. The van der Waals surface area contributed by atoms with Crippen LogP contribution in [0.15, 0.2) is 65.3 Å². The third kappa shape index (κ3) is 3.26. The van der Waals surface area contributed by atoms with Crippen LogP contribution >= 0.6 is 11.8 Å². The van der Waals surface area contributed by atoms with Crippen molar-refractivity contribution in [1.82, 2.24) is 4.90 Å². The minimum Gasteiger partial charge on any atom is -0.269 e. The van der Waals surface area contributed by atoms with E-state index in [2.05, 4.69) is 0 Å². The summed E-state index contributed by atoms with van der Waals surface area (Å²) in [7, 11) is 0. The second-order valence-corrected chi connectivity index (χ2v) is 6.33. The predicted octanol–water partition coefficient (Wildman–Crippen LogP) is 4.10. The molecule has 2 aromatic rings. The first kappa shape index (κ1) is 16.5. The fourth-order valence-corrected chi connectivity index (χ4v) is 3.11. The van der Waals surface area contributed by atoms with E-state index in [-0.39, 0.29) is 6.54 Å². The Morgan fingerprint density at radius 2 is 1.75 bits per heavy atom. The van der Waals surface area contributed by atoms with Gasteiger partial charge in [0.1, 0.15) is 5.83 Å². The number of rotatable bonds is 5. The Morgan fingerprint density at radius 1 is 1.08 bits per heavy atom. The molecule has 0 fully saturated rings. The van der Waals surface area contributed by atoms with E-state index in [4.69, 9.17) is 0 Å². The second-order valence-electron chi connectivity index (χ2n) is 5.45. The van der Waals surface area contributed by atoms with Crippen molar-refractivity contribution < 1.29 is 14.0 Å². The SMILES string of the molecule is CSc1cccc(C/C=C(/F)CN2C(=O)c3ccccc3C2=O)c1. The molecule has 0 unspecified atom stereocenters. The van der Waals surface area contributed by atoms with E-state index in [1.807, 2.05) is 30.5 Å². The average molecular weight is 341 g/mol. The summed E-state index contributed by atoms with van der Waals surface area (Å²) >= 11 is 1.62. The van der Waals surface area contributed by atoms with Gasteiger partial charge in [0.15, 0.2) is 0 Å². The molecule has 0 atom stereocenters. The lowest BCUT2D eigenvalue weighted by molar-refractivity contribution is 0.0660. The molecule has 5 heteroatoms. The van der Waals surface area contributed by atoms with E-state index in [1.54, 1.807) is 36.0 Å². The van der Waals surface area contributed by atoms with Gasteiger partial charge in [0.05, 0.1) is 17.7 Å². The molecule has 0 saturated carbocycles. The number of halogens is 1. The van der Waals surface area contributed by atoms with Crippen LogP contribution in [0.1, 0.15) is 26.3 Å². The number of allylic oxidation sites excluding steroid dienone is 1. The van der Waals surface area contributed by atoms with Gasteiger partial charge in [0.25, 0.3) is 11.8 Å². The van der Waals surface area contributed by atoms with Crippen molar-refractivity contribution in [1.29, 1.82) is 0 Å². The smallest absolute Gasteiger partial charge is 0.261 e. The van der Waals surface area contributed by atoms with Crippen LogP contribution in [0.3, 0.4) is 0 Å². The molecule has 2 aromatic carbocycles. The highest BCUT2D eigenvalue weighted by atomic mass is 32.2. The summed E-state index contributed by atoms with van der Waals surface area (Å²) < 4.78 is 14.2. The third-order valence-corrected chi connectivity index (χ3v) is 4.61. The Bertz CT molecular complexity index is 797. The molecule has 3 rings (SSSR count). The van der Waals surface area contributed by atoms with E-state index in [1.165, 1.54) is 6.08 Å². The fraction of sp³-hybridized carbons (Fsp3) is 0.158. The Kier molecular flexibility index (Phi) is 4.81. The molecule has 0 saturated heterocycles. The molecule has 24 heavy (non-hydrogen) atoms. The summed E-state index contributed by atoms with van der Waals surface area (Å²) in [5.74, 6) is -1.37. The maximum absolute atomic E-state index is 14.2. The predicted molar refractivity (Wildman–Crippen MR) is 92.9 cm³/mol. The molecule has 1 heterocycles.